The monoisotopic (exact) mass is 467 g/mol. The number of pyridine rings is 1. The fraction of sp³-hybridized carbons (Fsp3) is 0.316. The van der Waals surface area contributed by atoms with Gasteiger partial charge in [0.2, 0.25) is 15.9 Å². The van der Waals surface area contributed by atoms with Crippen molar-refractivity contribution >= 4 is 50.6 Å². The van der Waals surface area contributed by atoms with Crippen LogP contribution in [0.2, 0.25) is 5.02 Å². The van der Waals surface area contributed by atoms with E-state index in [4.69, 9.17) is 11.6 Å². The predicted octanol–water partition coefficient (Wildman–Crippen LogP) is 3.45. The molecule has 2 aromatic heterocycles. The maximum absolute atomic E-state index is 12.8. The Hall–Kier alpha value is -2.14. The van der Waals surface area contributed by atoms with Crippen LogP contribution in [-0.2, 0) is 14.8 Å². The van der Waals surface area contributed by atoms with E-state index in [-0.39, 0.29) is 16.6 Å². The highest BCUT2D eigenvalue weighted by molar-refractivity contribution is 7.99. The van der Waals surface area contributed by atoms with Crippen LogP contribution >= 0.6 is 23.4 Å². The minimum absolute atomic E-state index is 0.0831. The summed E-state index contributed by atoms with van der Waals surface area (Å²) in [4.78, 5) is 12.5. The zero-order valence-corrected chi connectivity index (χ0v) is 19.2. The number of thioether (sulfide) groups is 1. The van der Waals surface area contributed by atoms with Crippen molar-refractivity contribution in [3.05, 3.63) is 47.1 Å². The second-order valence-electron chi connectivity index (χ2n) is 6.41. The van der Waals surface area contributed by atoms with Crippen LogP contribution in [0.25, 0.3) is 5.65 Å². The number of rotatable bonds is 8. The standard InChI is InChI=1S/C19H22ClN5O3S2/c1-4-24(5-2)30(27,28)14-9-10-17-22-23-19(25(17)11-14)29-12-18(26)21-16-8-6-7-15(20)13(16)3/h6-11H,4-5,12H2,1-3H3,(H,21,26). The van der Waals surface area contributed by atoms with Crippen LogP contribution < -0.4 is 5.32 Å². The zero-order chi connectivity index (χ0) is 21.9. The molecule has 160 valence electrons. The number of carbonyl (C=O) groups is 1. The molecule has 0 aliphatic heterocycles. The molecule has 11 heteroatoms. The molecule has 0 atom stereocenters. The molecule has 0 saturated heterocycles. The van der Waals surface area contributed by atoms with E-state index in [1.54, 1.807) is 42.5 Å². The second-order valence-corrected chi connectivity index (χ2v) is 9.70. The number of hydrogen-bond donors (Lipinski definition) is 1. The summed E-state index contributed by atoms with van der Waals surface area (Å²) in [5.74, 6) is -0.145. The summed E-state index contributed by atoms with van der Waals surface area (Å²) in [6.07, 6.45) is 1.49. The van der Waals surface area contributed by atoms with Gasteiger partial charge < -0.3 is 5.32 Å². The van der Waals surface area contributed by atoms with Gasteiger partial charge in [-0.2, -0.15) is 4.31 Å². The quantitative estimate of drug-likeness (QED) is 0.509. The molecule has 1 aromatic carbocycles. The Bertz CT molecular complexity index is 1180. The Morgan fingerprint density at radius 3 is 2.63 bits per heavy atom. The molecule has 0 bridgehead atoms. The Balaban J connectivity index is 1.78. The van der Waals surface area contributed by atoms with Crippen LogP contribution in [-0.4, -0.2) is 52.1 Å². The van der Waals surface area contributed by atoms with E-state index in [0.29, 0.717) is 34.6 Å². The first kappa shape index (κ1) is 22.5. The van der Waals surface area contributed by atoms with E-state index in [1.165, 1.54) is 28.3 Å². The third kappa shape index (κ3) is 4.61. The third-order valence-electron chi connectivity index (χ3n) is 4.56. The van der Waals surface area contributed by atoms with Gasteiger partial charge in [-0.3, -0.25) is 9.20 Å². The lowest BCUT2D eigenvalue weighted by molar-refractivity contribution is -0.113. The number of hydrogen-bond acceptors (Lipinski definition) is 6. The third-order valence-corrected chi connectivity index (χ3v) is 7.95. The van der Waals surface area contributed by atoms with Gasteiger partial charge in [0.1, 0.15) is 0 Å². The molecule has 0 spiro atoms. The number of benzene rings is 1. The average molecular weight is 468 g/mol. The van der Waals surface area contributed by atoms with E-state index < -0.39 is 10.0 Å². The van der Waals surface area contributed by atoms with Gasteiger partial charge in [-0.15, -0.1) is 10.2 Å². The molecule has 30 heavy (non-hydrogen) atoms. The topological polar surface area (TPSA) is 96.7 Å². The number of fused-ring (bicyclic) bond motifs is 1. The summed E-state index contributed by atoms with van der Waals surface area (Å²) >= 11 is 7.25. The molecule has 1 N–H and O–H groups in total. The lowest BCUT2D eigenvalue weighted by Crippen LogP contribution is -2.30. The molecule has 0 fully saturated rings. The Morgan fingerprint density at radius 1 is 1.20 bits per heavy atom. The number of anilines is 1. The number of aromatic nitrogens is 3. The first-order valence-corrected chi connectivity index (χ1v) is 12.1. The fourth-order valence-electron chi connectivity index (χ4n) is 2.87. The van der Waals surface area contributed by atoms with Crippen molar-refractivity contribution in [2.24, 2.45) is 0 Å². The van der Waals surface area contributed by atoms with Crippen molar-refractivity contribution in [3.8, 4) is 0 Å². The van der Waals surface area contributed by atoms with Crippen molar-refractivity contribution in [1.29, 1.82) is 0 Å². The van der Waals surface area contributed by atoms with Crippen LogP contribution in [0, 0.1) is 6.92 Å². The van der Waals surface area contributed by atoms with Gasteiger partial charge in [0.05, 0.1) is 10.6 Å². The minimum Gasteiger partial charge on any atom is -0.325 e. The minimum atomic E-state index is -3.61. The average Bonchev–Trinajstić information content (AvgIpc) is 3.13. The highest BCUT2D eigenvalue weighted by atomic mass is 35.5. The molecule has 3 aromatic rings. The van der Waals surface area contributed by atoms with Crippen molar-refractivity contribution < 1.29 is 13.2 Å². The first-order chi connectivity index (χ1) is 14.3. The molecular weight excluding hydrogens is 446 g/mol. The van der Waals surface area contributed by atoms with E-state index in [1.807, 2.05) is 6.92 Å². The number of carbonyl (C=O) groups excluding carboxylic acids is 1. The Labute approximate surface area is 184 Å². The first-order valence-electron chi connectivity index (χ1n) is 9.30. The number of nitrogens with zero attached hydrogens (tertiary/aromatic N) is 4. The van der Waals surface area contributed by atoms with Gasteiger partial charge in [-0.1, -0.05) is 43.3 Å². The van der Waals surface area contributed by atoms with Crippen molar-refractivity contribution in [2.75, 3.05) is 24.2 Å². The molecule has 2 heterocycles. The van der Waals surface area contributed by atoms with E-state index in [2.05, 4.69) is 15.5 Å². The van der Waals surface area contributed by atoms with E-state index in [9.17, 15) is 13.2 Å². The smallest absolute Gasteiger partial charge is 0.244 e. The normalized spacial score (nSPS) is 11.9. The predicted molar refractivity (Wildman–Crippen MR) is 119 cm³/mol. The van der Waals surface area contributed by atoms with Gasteiger partial charge in [-0.25, -0.2) is 8.42 Å². The van der Waals surface area contributed by atoms with Gasteiger partial charge in [0, 0.05) is 30.0 Å². The summed E-state index contributed by atoms with van der Waals surface area (Å²) in [7, 11) is -3.61. The lowest BCUT2D eigenvalue weighted by atomic mass is 10.2. The summed E-state index contributed by atoms with van der Waals surface area (Å²) in [5.41, 5.74) is 1.94. The summed E-state index contributed by atoms with van der Waals surface area (Å²) in [6.45, 7) is 6.17. The fourth-order valence-corrected chi connectivity index (χ4v) is 5.22. The largest absolute Gasteiger partial charge is 0.325 e. The highest BCUT2D eigenvalue weighted by Gasteiger charge is 2.23. The molecule has 3 rings (SSSR count). The van der Waals surface area contributed by atoms with Crippen LogP contribution in [0.4, 0.5) is 5.69 Å². The van der Waals surface area contributed by atoms with Gasteiger partial charge in [-0.05, 0) is 36.8 Å². The van der Waals surface area contributed by atoms with E-state index in [0.717, 1.165) is 5.56 Å². The van der Waals surface area contributed by atoms with Crippen molar-refractivity contribution in [2.45, 2.75) is 30.8 Å². The zero-order valence-electron chi connectivity index (χ0n) is 16.8. The van der Waals surface area contributed by atoms with Gasteiger partial charge >= 0.3 is 0 Å². The number of halogens is 1. The molecular formula is C19H22ClN5O3S2. The van der Waals surface area contributed by atoms with Crippen LogP contribution in [0.1, 0.15) is 19.4 Å². The maximum Gasteiger partial charge on any atom is 0.244 e. The Kier molecular flexibility index (Phi) is 7.02. The second kappa shape index (κ2) is 9.34. The molecule has 0 saturated carbocycles. The van der Waals surface area contributed by atoms with E-state index >= 15 is 0 Å². The molecule has 0 aliphatic rings. The highest BCUT2D eigenvalue weighted by Crippen LogP contribution is 2.24. The Morgan fingerprint density at radius 2 is 1.93 bits per heavy atom. The number of sulfonamides is 1. The molecule has 0 unspecified atom stereocenters. The summed E-state index contributed by atoms with van der Waals surface area (Å²) in [5, 5.41) is 12.0. The number of nitrogens with one attached hydrogen (secondary N) is 1. The summed E-state index contributed by atoms with van der Waals surface area (Å²) < 4.78 is 28.5. The summed E-state index contributed by atoms with van der Waals surface area (Å²) in [6, 6.07) is 8.42. The lowest BCUT2D eigenvalue weighted by Gasteiger charge is -2.18. The molecule has 0 radical (unpaired) electrons. The van der Waals surface area contributed by atoms with Crippen LogP contribution in [0.5, 0.6) is 0 Å². The SMILES string of the molecule is CCN(CC)S(=O)(=O)c1ccc2nnc(SCC(=O)Nc3cccc(Cl)c3C)n2c1. The molecule has 1 amide bonds. The van der Waals surface area contributed by atoms with Crippen LogP contribution in [0.15, 0.2) is 46.6 Å². The maximum atomic E-state index is 12.8. The molecule has 8 nitrogen and oxygen atoms in total. The van der Waals surface area contributed by atoms with Crippen molar-refractivity contribution in [1.82, 2.24) is 18.9 Å². The van der Waals surface area contributed by atoms with Gasteiger partial charge in [0.25, 0.3) is 0 Å². The van der Waals surface area contributed by atoms with Crippen LogP contribution in [0.3, 0.4) is 0 Å². The number of amides is 1. The van der Waals surface area contributed by atoms with Crippen molar-refractivity contribution in [3.63, 3.8) is 0 Å². The molecule has 0 aliphatic carbocycles. The van der Waals surface area contributed by atoms with Gasteiger partial charge in [0.15, 0.2) is 10.8 Å².